The lowest BCUT2D eigenvalue weighted by Crippen LogP contribution is -2.10. The van der Waals surface area contributed by atoms with Gasteiger partial charge < -0.3 is 4.42 Å². The first kappa shape index (κ1) is 14.4. The van der Waals surface area contributed by atoms with Crippen LogP contribution in [0.15, 0.2) is 75.9 Å². The van der Waals surface area contributed by atoms with Gasteiger partial charge in [-0.15, -0.1) is 0 Å². The van der Waals surface area contributed by atoms with Gasteiger partial charge >= 0.3 is 0 Å². The summed E-state index contributed by atoms with van der Waals surface area (Å²) in [6.07, 6.45) is 0. The molecule has 4 aromatic rings. The van der Waals surface area contributed by atoms with Gasteiger partial charge in [-0.05, 0) is 30.7 Å². The van der Waals surface area contributed by atoms with Crippen molar-refractivity contribution >= 4 is 27.7 Å². The van der Waals surface area contributed by atoms with Crippen molar-refractivity contribution in [1.29, 1.82) is 0 Å². The Morgan fingerprint density at radius 1 is 0.833 bits per heavy atom. The fourth-order valence-electron chi connectivity index (χ4n) is 3.13. The molecule has 0 radical (unpaired) electrons. The van der Waals surface area contributed by atoms with Gasteiger partial charge in [0.2, 0.25) is 0 Å². The van der Waals surface area contributed by atoms with Gasteiger partial charge in [-0.2, -0.15) is 0 Å². The molecule has 0 amide bonds. The fraction of sp³-hybridized carbons (Fsp3) is 0.0476. The molecule has 0 aliphatic carbocycles. The Bertz CT molecular complexity index is 1140. The number of carbonyl (C=O) groups is 1. The van der Waals surface area contributed by atoms with Crippen LogP contribution in [0, 0.1) is 0 Å². The van der Waals surface area contributed by atoms with E-state index in [-0.39, 0.29) is 16.8 Å². The number of hydrogen-bond acceptors (Lipinski definition) is 3. The second-order valence-electron chi connectivity index (χ2n) is 5.71. The van der Waals surface area contributed by atoms with Gasteiger partial charge in [0.05, 0.1) is 5.56 Å². The minimum atomic E-state index is -0.295. The number of rotatable bonds is 2. The average Bonchev–Trinajstić information content (AvgIpc) is 2.88. The lowest BCUT2D eigenvalue weighted by atomic mass is 9.98. The van der Waals surface area contributed by atoms with E-state index in [1.165, 1.54) is 13.0 Å². The summed E-state index contributed by atoms with van der Waals surface area (Å²) in [6.45, 7) is 1.41. The van der Waals surface area contributed by atoms with Crippen molar-refractivity contribution in [3.8, 4) is 11.1 Å². The quantitative estimate of drug-likeness (QED) is 0.499. The molecule has 0 unspecified atom stereocenters. The second-order valence-corrected chi connectivity index (χ2v) is 5.71. The van der Waals surface area contributed by atoms with E-state index < -0.39 is 0 Å². The first-order valence-electron chi connectivity index (χ1n) is 7.72. The number of benzene rings is 2. The molecule has 1 heterocycles. The number of para-hydroxylation sites is 1. The Hall–Kier alpha value is -3.20. The predicted molar refractivity (Wildman–Crippen MR) is 95.4 cm³/mol. The van der Waals surface area contributed by atoms with E-state index in [1.54, 1.807) is 6.07 Å². The number of hydrogen-bond donors (Lipinski definition) is 0. The van der Waals surface area contributed by atoms with Gasteiger partial charge in [-0.3, -0.25) is 9.59 Å². The van der Waals surface area contributed by atoms with Crippen LogP contribution in [0.3, 0.4) is 0 Å². The largest absolute Gasteiger partial charge is 0.455 e. The number of furan rings is 1. The lowest BCUT2D eigenvalue weighted by molar-refractivity contribution is 0.101. The van der Waals surface area contributed by atoms with Crippen molar-refractivity contribution in [3.63, 3.8) is 0 Å². The molecule has 3 heteroatoms. The van der Waals surface area contributed by atoms with Crippen molar-refractivity contribution in [1.82, 2.24) is 0 Å². The third-order valence-electron chi connectivity index (χ3n) is 4.17. The summed E-state index contributed by atoms with van der Waals surface area (Å²) in [5.41, 5.74) is 2.52. The highest BCUT2D eigenvalue weighted by atomic mass is 16.3. The molecule has 0 saturated carbocycles. The molecule has 0 saturated heterocycles. The Labute approximate surface area is 138 Å². The minimum absolute atomic E-state index is 0.162. The smallest absolute Gasteiger partial charge is 0.190 e. The number of fused-ring (bicyclic) bond motifs is 3. The van der Waals surface area contributed by atoms with E-state index >= 15 is 0 Å². The molecule has 4 rings (SSSR count). The SMILES string of the molecule is CC(=O)c1c(-c2ccccc2)c2oc3ccccc3c2ccc1=O. The third-order valence-corrected chi connectivity index (χ3v) is 4.17. The Morgan fingerprint density at radius 2 is 1.54 bits per heavy atom. The first-order valence-corrected chi connectivity index (χ1v) is 7.72. The number of Topliss-reactive ketones (excluding diaryl/α,β-unsaturated/α-hetero) is 1. The zero-order valence-corrected chi connectivity index (χ0v) is 13.1. The maximum Gasteiger partial charge on any atom is 0.190 e. The van der Waals surface area contributed by atoms with E-state index in [1.807, 2.05) is 54.6 Å². The van der Waals surface area contributed by atoms with Crippen LogP contribution >= 0.6 is 0 Å². The molecule has 3 nitrogen and oxygen atoms in total. The van der Waals surface area contributed by atoms with Crippen molar-refractivity contribution in [2.75, 3.05) is 0 Å². The minimum Gasteiger partial charge on any atom is -0.455 e. The summed E-state index contributed by atoms with van der Waals surface area (Å²) < 4.78 is 6.05. The van der Waals surface area contributed by atoms with Crippen LogP contribution < -0.4 is 5.43 Å². The van der Waals surface area contributed by atoms with E-state index in [9.17, 15) is 9.59 Å². The maximum absolute atomic E-state index is 12.5. The summed E-state index contributed by atoms with van der Waals surface area (Å²) in [7, 11) is 0. The molecule has 3 aromatic carbocycles. The molecule has 1 aromatic heterocycles. The Balaban J connectivity index is 2.30. The molecule has 24 heavy (non-hydrogen) atoms. The molecule has 0 N–H and O–H groups in total. The van der Waals surface area contributed by atoms with E-state index in [0.29, 0.717) is 11.1 Å². The molecule has 0 aliphatic heterocycles. The van der Waals surface area contributed by atoms with Gasteiger partial charge in [0.25, 0.3) is 0 Å². The van der Waals surface area contributed by atoms with Gasteiger partial charge in [-0.1, -0.05) is 48.5 Å². The van der Waals surface area contributed by atoms with Crippen molar-refractivity contribution in [2.24, 2.45) is 0 Å². The predicted octanol–water partition coefficient (Wildman–Crippen LogP) is 4.82. The molecule has 116 valence electrons. The zero-order valence-electron chi connectivity index (χ0n) is 13.1. The van der Waals surface area contributed by atoms with Gasteiger partial charge in [-0.25, -0.2) is 0 Å². The zero-order chi connectivity index (χ0) is 16.7. The van der Waals surface area contributed by atoms with Crippen LogP contribution in [-0.4, -0.2) is 5.78 Å². The fourth-order valence-corrected chi connectivity index (χ4v) is 3.13. The van der Waals surface area contributed by atoms with Crippen molar-refractivity contribution in [2.45, 2.75) is 6.92 Å². The van der Waals surface area contributed by atoms with Crippen LogP contribution in [0.25, 0.3) is 33.1 Å². The number of carbonyl (C=O) groups excluding carboxylic acids is 1. The first-order chi connectivity index (χ1) is 11.7. The second kappa shape index (κ2) is 5.46. The molecular weight excluding hydrogens is 300 g/mol. The standard InChI is InChI=1S/C21H14O3/c1-13(22)19-17(23)12-11-16-15-9-5-6-10-18(15)24-21(16)20(19)14-7-3-2-4-8-14/h2-12H,1H3. The maximum atomic E-state index is 12.5. The molecule has 0 fully saturated rings. The summed E-state index contributed by atoms with van der Waals surface area (Å²) in [4.78, 5) is 24.8. The third kappa shape index (κ3) is 2.14. The van der Waals surface area contributed by atoms with Crippen molar-refractivity contribution < 1.29 is 9.21 Å². The van der Waals surface area contributed by atoms with Crippen molar-refractivity contribution in [3.05, 3.63) is 82.5 Å². The molecule has 0 spiro atoms. The van der Waals surface area contributed by atoms with Crippen LogP contribution in [0.4, 0.5) is 0 Å². The average molecular weight is 314 g/mol. The summed E-state index contributed by atoms with van der Waals surface area (Å²) in [5.74, 6) is -0.267. The Morgan fingerprint density at radius 3 is 2.29 bits per heavy atom. The van der Waals surface area contributed by atoms with E-state index in [0.717, 1.165) is 21.9 Å². The van der Waals surface area contributed by atoms with E-state index in [4.69, 9.17) is 4.42 Å². The van der Waals surface area contributed by atoms with Gasteiger partial charge in [0.15, 0.2) is 11.2 Å². The van der Waals surface area contributed by atoms with Crippen LogP contribution in [-0.2, 0) is 0 Å². The van der Waals surface area contributed by atoms with Gasteiger partial charge in [0, 0.05) is 16.3 Å². The normalized spacial score (nSPS) is 11.0. The molecule has 0 atom stereocenters. The molecule has 0 aliphatic rings. The van der Waals surface area contributed by atoms with E-state index in [2.05, 4.69) is 0 Å². The van der Waals surface area contributed by atoms with Crippen LogP contribution in [0.5, 0.6) is 0 Å². The van der Waals surface area contributed by atoms with Crippen LogP contribution in [0.1, 0.15) is 17.3 Å². The summed E-state index contributed by atoms with van der Waals surface area (Å²) in [6, 6.07) is 20.3. The van der Waals surface area contributed by atoms with Crippen LogP contribution in [0.2, 0.25) is 0 Å². The molecule has 0 bridgehead atoms. The monoisotopic (exact) mass is 314 g/mol. The lowest BCUT2D eigenvalue weighted by Gasteiger charge is -2.04. The molecular formula is C21H14O3. The highest BCUT2D eigenvalue weighted by Gasteiger charge is 2.19. The summed E-state index contributed by atoms with van der Waals surface area (Å²) in [5, 5.41) is 1.75. The number of ketones is 1. The Kier molecular flexibility index (Phi) is 3.28. The topological polar surface area (TPSA) is 47.3 Å². The summed E-state index contributed by atoms with van der Waals surface area (Å²) >= 11 is 0. The highest BCUT2D eigenvalue weighted by molar-refractivity contribution is 6.13. The van der Waals surface area contributed by atoms with Gasteiger partial charge in [0.1, 0.15) is 11.2 Å². The highest BCUT2D eigenvalue weighted by Crippen LogP contribution is 2.35.